The maximum absolute atomic E-state index is 11.1. The normalized spacial score (nSPS) is 12.0. The smallest absolute Gasteiger partial charge is 0.433 e. The lowest BCUT2D eigenvalue weighted by atomic mass is 10.2. The summed E-state index contributed by atoms with van der Waals surface area (Å²) in [7, 11) is 2.71. The van der Waals surface area contributed by atoms with Gasteiger partial charge in [0.05, 0.1) is 0 Å². The molecule has 0 spiro atoms. The molecule has 0 aliphatic heterocycles. The van der Waals surface area contributed by atoms with E-state index < -0.39 is 11.7 Å². The van der Waals surface area contributed by atoms with E-state index >= 15 is 0 Å². The van der Waals surface area contributed by atoms with Gasteiger partial charge in [-0.3, -0.25) is 0 Å². The van der Waals surface area contributed by atoms with Crippen LogP contribution in [0.1, 0.15) is 46.5 Å². The molecule has 0 heterocycles. The number of ether oxygens (including phenoxy) is 1. The first-order chi connectivity index (χ1) is 6.95. The Morgan fingerprint density at radius 2 is 2.00 bits per heavy atom. The van der Waals surface area contributed by atoms with Crippen LogP contribution in [0, 0.1) is 0 Å². The van der Waals surface area contributed by atoms with E-state index in [9.17, 15) is 4.79 Å². The molecule has 0 saturated heterocycles. The number of hydrogen-bond donors (Lipinski definition) is 0. The second-order valence-corrected chi connectivity index (χ2v) is 5.01. The number of nitrogens with zero attached hydrogens (tertiary/aromatic N) is 1. The maximum atomic E-state index is 11.1. The van der Waals surface area contributed by atoms with Gasteiger partial charge in [0.2, 0.25) is 0 Å². The minimum atomic E-state index is -0.492. The molecule has 15 heavy (non-hydrogen) atoms. The molecule has 4 heteroatoms. The minimum absolute atomic E-state index is 0.451. The lowest BCUT2D eigenvalue weighted by Crippen LogP contribution is -2.21. The Hall–Kier alpha value is -0.430. The third kappa shape index (κ3) is 11.5. The van der Waals surface area contributed by atoms with Crippen molar-refractivity contribution in [2.24, 2.45) is 4.99 Å². The second-order valence-electron chi connectivity index (χ2n) is 4.43. The SMILES string of the molecule is CC(C)(C)OC(=O)/N=C/CCCCCP. The zero-order valence-corrected chi connectivity index (χ0v) is 11.1. The number of amides is 1. The fraction of sp³-hybridized carbons (Fsp3) is 0.818. The summed E-state index contributed by atoms with van der Waals surface area (Å²) in [4.78, 5) is 14.8. The van der Waals surface area contributed by atoms with Crippen molar-refractivity contribution in [3.63, 3.8) is 0 Å². The van der Waals surface area contributed by atoms with E-state index in [2.05, 4.69) is 14.2 Å². The quantitative estimate of drug-likeness (QED) is 0.413. The van der Waals surface area contributed by atoms with Crippen molar-refractivity contribution in [3.8, 4) is 0 Å². The summed E-state index contributed by atoms with van der Waals surface area (Å²) < 4.78 is 5.03. The highest BCUT2D eigenvalue weighted by molar-refractivity contribution is 7.16. The van der Waals surface area contributed by atoms with Gasteiger partial charge in [0.15, 0.2) is 0 Å². The van der Waals surface area contributed by atoms with E-state index in [4.69, 9.17) is 4.74 Å². The lowest BCUT2D eigenvalue weighted by molar-refractivity contribution is 0.0605. The number of carbonyl (C=O) groups excluding carboxylic acids is 1. The molecule has 0 N–H and O–H groups in total. The van der Waals surface area contributed by atoms with Gasteiger partial charge in [-0.1, -0.05) is 6.42 Å². The summed E-state index contributed by atoms with van der Waals surface area (Å²) in [5.41, 5.74) is -0.451. The Labute approximate surface area is 94.9 Å². The number of unbranched alkanes of at least 4 members (excludes halogenated alkanes) is 3. The Morgan fingerprint density at radius 1 is 1.33 bits per heavy atom. The van der Waals surface area contributed by atoms with Crippen LogP contribution in [0.3, 0.4) is 0 Å². The fourth-order valence-electron chi connectivity index (χ4n) is 0.984. The topological polar surface area (TPSA) is 38.7 Å². The van der Waals surface area contributed by atoms with Crippen LogP contribution in [0.15, 0.2) is 4.99 Å². The summed E-state index contributed by atoms with van der Waals surface area (Å²) in [6.07, 6.45) is 6.63. The van der Waals surface area contributed by atoms with Crippen molar-refractivity contribution in [2.75, 3.05) is 6.16 Å². The number of carbonyl (C=O) groups is 1. The lowest BCUT2D eigenvalue weighted by Gasteiger charge is -2.16. The van der Waals surface area contributed by atoms with E-state index in [1.54, 1.807) is 6.21 Å². The monoisotopic (exact) mass is 231 g/mol. The van der Waals surface area contributed by atoms with Crippen molar-refractivity contribution in [1.29, 1.82) is 0 Å². The van der Waals surface area contributed by atoms with Crippen molar-refractivity contribution in [3.05, 3.63) is 0 Å². The first-order valence-electron chi connectivity index (χ1n) is 5.41. The Bertz CT molecular complexity index is 209. The summed E-state index contributed by atoms with van der Waals surface area (Å²) in [5, 5.41) is 0. The van der Waals surface area contributed by atoms with Crippen LogP contribution >= 0.6 is 9.24 Å². The maximum Gasteiger partial charge on any atom is 0.433 e. The van der Waals surface area contributed by atoms with Gasteiger partial charge in [-0.25, -0.2) is 4.79 Å². The van der Waals surface area contributed by atoms with Gasteiger partial charge in [0, 0.05) is 6.21 Å². The third-order valence-electron chi connectivity index (χ3n) is 1.63. The van der Waals surface area contributed by atoms with Gasteiger partial charge in [-0.15, -0.1) is 9.24 Å². The summed E-state index contributed by atoms with van der Waals surface area (Å²) in [6, 6.07) is 0. The molecule has 1 unspecified atom stereocenters. The highest BCUT2D eigenvalue weighted by Gasteiger charge is 2.14. The van der Waals surface area contributed by atoms with Crippen LogP contribution in [0.5, 0.6) is 0 Å². The first kappa shape index (κ1) is 14.6. The van der Waals surface area contributed by atoms with E-state index in [1.165, 1.54) is 12.8 Å². The molecular weight excluding hydrogens is 209 g/mol. The van der Waals surface area contributed by atoms with E-state index in [0.717, 1.165) is 19.0 Å². The van der Waals surface area contributed by atoms with Gasteiger partial charge in [0.25, 0.3) is 0 Å². The predicted molar refractivity (Wildman–Crippen MR) is 67.8 cm³/mol. The summed E-state index contributed by atoms with van der Waals surface area (Å²) in [5.74, 6) is 0. The highest BCUT2D eigenvalue weighted by atomic mass is 31.0. The standard InChI is InChI=1S/C11H22NO2P/c1-11(2,3)14-10(13)12-8-6-4-5-7-9-15/h8H,4-7,9,15H2,1-3H3/b12-8+. The van der Waals surface area contributed by atoms with Crippen LogP contribution in [0.2, 0.25) is 0 Å². The summed E-state index contributed by atoms with van der Waals surface area (Å²) >= 11 is 0. The fourth-order valence-corrected chi connectivity index (χ4v) is 1.27. The van der Waals surface area contributed by atoms with Gasteiger partial charge < -0.3 is 4.74 Å². The molecule has 1 atom stereocenters. The third-order valence-corrected chi connectivity index (χ3v) is 2.04. The minimum Gasteiger partial charge on any atom is -0.442 e. The van der Waals surface area contributed by atoms with E-state index in [-0.39, 0.29) is 0 Å². The average Bonchev–Trinajstić information content (AvgIpc) is 2.08. The molecule has 0 aliphatic carbocycles. The van der Waals surface area contributed by atoms with E-state index in [0.29, 0.717) is 0 Å². The predicted octanol–water partition coefficient (Wildman–Crippen LogP) is 3.43. The molecule has 0 aromatic rings. The molecule has 3 nitrogen and oxygen atoms in total. The van der Waals surface area contributed by atoms with Gasteiger partial charge in [0.1, 0.15) is 5.60 Å². The van der Waals surface area contributed by atoms with Crippen LogP contribution in [0.25, 0.3) is 0 Å². The highest BCUT2D eigenvalue weighted by Crippen LogP contribution is 2.08. The second kappa shape index (κ2) is 7.81. The molecule has 0 saturated carbocycles. The molecular formula is C11H22NO2P. The van der Waals surface area contributed by atoms with Crippen molar-refractivity contribution >= 4 is 21.5 Å². The number of hydrogen-bond acceptors (Lipinski definition) is 2. The molecule has 0 aromatic heterocycles. The number of aliphatic imine (C=N–C) groups is 1. The Balaban J connectivity index is 3.55. The van der Waals surface area contributed by atoms with Crippen LogP contribution in [0.4, 0.5) is 4.79 Å². The zero-order valence-electron chi connectivity index (χ0n) is 9.95. The Kier molecular flexibility index (Phi) is 7.59. The molecule has 0 aromatic carbocycles. The van der Waals surface area contributed by atoms with Crippen LogP contribution < -0.4 is 0 Å². The van der Waals surface area contributed by atoms with Gasteiger partial charge in [-0.2, -0.15) is 4.99 Å². The average molecular weight is 231 g/mol. The molecule has 1 amide bonds. The first-order valence-corrected chi connectivity index (χ1v) is 6.23. The molecule has 88 valence electrons. The number of rotatable bonds is 5. The van der Waals surface area contributed by atoms with Crippen LogP contribution in [-0.2, 0) is 4.74 Å². The zero-order chi connectivity index (χ0) is 11.7. The van der Waals surface area contributed by atoms with E-state index in [1.807, 2.05) is 20.8 Å². The molecule has 0 fully saturated rings. The van der Waals surface area contributed by atoms with Gasteiger partial charge in [-0.05, 0) is 46.2 Å². The Morgan fingerprint density at radius 3 is 2.53 bits per heavy atom. The van der Waals surface area contributed by atoms with Gasteiger partial charge >= 0.3 is 6.09 Å². The molecule has 0 bridgehead atoms. The largest absolute Gasteiger partial charge is 0.442 e. The molecule has 0 radical (unpaired) electrons. The van der Waals surface area contributed by atoms with Crippen molar-refractivity contribution < 1.29 is 9.53 Å². The molecule has 0 rings (SSSR count). The molecule has 0 aliphatic rings. The van der Waals surface area contributed by atoms with Crippen LogP contribution in [-0.4, -0.2) is 24.1 Å². The van der Waals surface area contributed by atoms with Crippen molar-refractivity contribution in [1.82, 2.24) is 0 Å². The van der Waals surface area contributed by atoms with Crippen molar-refractivity contribution in [2.45, 2.75) is 52.1 Å². The summed E-state index contributed by atoms with van der Waals surface area (Å²) in [6.45, 7) is 5.50.